The molecule has 1 N–H and O–H groups in total. The highest BCUT2D eigenvalue weighted by atomic mass is 79.9. The molecule has 0 saturated carbocycles. The van der Waals surface area contributed by atoms with Gasteiger partial charge in [-0.15, -0.1) is 0 Å². The van der Waals surface area contributed by atoms with Crippen molar-refractivity contribution < 1.29 is 5.11 Å². The van der Waals surface area contributed by atoms with Crippen molar-refractivity contribution in [1.29, 1.82) is 0 Å². The van der Waals surface area contributed by atoms with E-state index in [4.69, 9.17) is 5.11 Å². The average Bonchev–Trinajstić information content (AvgIpc) is 2.54. The number of likely N-dealkylation sites (N-methyl/N-ethyl adjacent to an activating group) is 1. The van der Waals surface area contributed by atoms with E-state index in [-0.39, 0.29) is 6.61 Å². The molecular formula is C17H22BrN3O. The lowest BCUT2D eigenvalue weighted by atomic mass is 10.0. The van der Waals surface area contributed by atoms with Gasteiger partial charge in [-0.1, -0.05) is 15.9 Å². The Hall–Kier alpha value is -1.17. The molecule has 0 atom stereocenters. The summed E-state index contributed by atoms with van der Waals surface area (Å²) in [7, 11) is 2.11. The van der Waals surface area contributed by atoms with Crippen LogP contribution in [0, 0.1) is 0 Å². The fourth-order valence-electron chi connectivity index (χ4n) is 3.27. The lowest BCUT2D eigenvalue weighted by Gasteiger charge is -2.38. The first-order valence-corrected chi connectivity index (χ1v) is 8.58. The van der Waals surface area contributed by atoms with Gasteiger partial charge in [0.1, 0.15) is 0 Å². The van der Waals surface area contributed by atoms with Crippen LogP contribution >= 0.6 is 15.9 Å². The first-order chi connectivity index (χ1) is 10.7. The minimum Gasteiger partial charge on any atom is -0.395 e. The lowest BCUT2D eigenvalue weighted by molar-refractivity contribution is 0.162. The van der Waals surface area contributed by atoms with Crippen molar-refractivity contribution in [2.24, 2.45) is 0 Å². The van der Waals surface area contributed by atoms with Gasteiger partial charge in [-0.05, 0) is 44.2 Å². The van der Waals surface area contributed by atoms with E-state index in [9.17, 15) is 0 Å². The molecule has 22 heavy (non-hydrogen) atoms. The number of nitrogens with zero attached hydrogens (tertiary/aromatic N) is 3. The summed E-state index contributed by atoms with van der Waals surface area (Å²) in [6.07, 6.45) is 4.17. The van der Waals surface area contributed by atoms with E-state index < -0.39 is 0 Å². The number of aromatic nitrogens is 1. The minimum atomic E-state index is 0.237. The molecule has 0 amide bonds. The summed E-state index contributed by atoms with van der Waals surface area (Å²) < 4.78 is 1.06. The second-order valence-corrected chi connectivity index (χ2v) is 6.83. The van der Waals surface area contributed by atoms with Crippen LogP contribution in [0.25, 0.3) is 10.9 Å². The predicted octanol–water partition coefficient (Wildman–Crippen LogP) is 2.89. The van der Waals surface area contributed by atoms with Crippen molar-refractivity contribution in [3.63, 3.8) is 0 Å². The number of pyridine rings is 1. The summed E-state index contributed by atoms with van der Waals surface area (Å²) >= 11 is 3.51. The summed E-state index contributed by atoms with van der Waals surface area (Å²) in [5.74, 6) is 0. The molecule has 1 fully saturated rings. The van der Waals surface area contributed by atoms with Crippen LogP contribution in [0.2, 0.25) is 0 Å². The molecule has 5 heteroatoms. The quantitative estimate of drug-likeness (QED) is 0.906. The molecule has 1 aliphatic heterocycles. The molecular weight excluding hydrogens is 342 g/mol. The molecule has 1 saturated heterocycles. The SMILES string of the molecule is CN(CCO)C1CCN(c2ccnc3cc(Br)ccc23)CC1. The van der Waals surface area contributed by atoms with E-state index in [1.54, 1.807) is 0 Å². The van der Waals surface area contributed by atoms with Crippen LogP contribution < -0.4 is 4.90 Å². The molecule has 1 aromatic carbocycles. The van der Waals surface area contributed by atoms with Crippen molar-refractivity contribution in [3.8, 4) is 0 Å². The fourth-order valence-corrected chi connectivity index (χ4v) is 3.62. The maximum atomic E-state index is 9.08. The molecule has 1 aliphatic rings. The van der Waals surface area contributed by atoms with Crippen LogP contribution in [0.15, 0.2) is 34.9 Å². The smallest absolute Gasteiger partial charge is 0.0734 e. The highest BCUT2D eigenvalue weighted by Gasteiger charge is 2.23. The van der Waals surface area contributed by atoms with E-state index in [1.807, 2.05) is 6.20 Å². The van der Waals surface area contributed by atoms with Gasteiger partial charge in [0.2, 0.25) is 0 Å². The van der Waals surface area contributed by atoms with Gasteiger partial charge in [0.05, 0.1) is 12.1 Å². The normalized spacial score (nSPS) is 16.6. The molecule has 0 bridgehead atoms. The first kappa shape index (κ1) is 15.7. The van der Waals surface area contributed by atoms with Gasteiger partial charge in [-0.2, -0.15) is 0 Å². The zero-order chi connectivity index (χ0) is 15.5. The molecule has 1 aromatic heterocycles. The lowest BCUT2D eigenvalue weighted by Crippen LogP contribution is -2.44. The Balaban J connectivity index is 1.76. The average molecular weight is 364 g/mol. The largest absolute Gasteiger partial charge is 0.395 e. The first-order valence-electron chi connectivity index (χ1n) is 7.79. The van der Waals surface area contributed by atoms with Gasteiger partial charge < -0.3 is 14.9 Å². The van der Waals surface area contributed by atoms with Crippen LogP contribution in [-0.4, -0.2) is 54.3 Å². The van der Waals surface area contributed by atoms with Crippen molar-refractivity contribution in [2.75, 3.05) is 38.2 Å². The third-order valence-electron chi connectivity index (χ3n) is 4.56. The molecule has 0 unspecified atom stereocenters. The van der Waals surface area contributed by atoms with Gasteiger partial charge in [0.15, 0.2) is 0 Å². The third kappa shape index (κ3) is 3.26. The number of rotatable bonds is 4. The Morgan fingerprint density at radius 1 is 1.32 bits per heavy atom. The van der Waals surface area contributed by atoms with E-state index in [2.05, 4.69) is 62.0 Å². The van der Waals surface area contributed by atoms with Gasteiger partial charge >= 0.3 is 0 Å². The number of hydrogen-bond donors (Lipinski definition) is 1. The number of benzene rings is 1. The van der Waals surface area contributed by atoms with Gasteiger partial charge in [0, 0.05) is 47.4 Å². The zero-order valence-corrected chi connectivity index (χ0v) is 14.5. The number of hydrogen-bond acceptors (Lipinski definition) is 4. The number of aliphatic hydroxyl groups excluding tert-OH is 1. The summed E-state index contributed by atoms with van der Waals surface area (Å²) in [4.78, 5) is 9.21. The highest BCUT2D eigenvalue weighted by Crippen LogP contribution is 2.30. The molecule has 4 nitrogen and oxygen atoms in total. The Kier molecular flexibility index (Phi) is 4.96. The summed E-state index contributed by atoms with van der Waals surface area (Å²) in [6.45, 7) is 3.10. The Bertz CT molecular complexity index is 641. The van der Waals surface area contributed by atoms with E-state index >= 15 is 0 Å². The van der Waals surface area contributed by atoms with Gasteiger partial charge in [-0.25, -0.2) is 0 Å². The standard InChI is InChI=1S/C17H22BrN3O/c1-20(10-11-22)14-5-8-21(9-6-14)17-4-7-19-16-12-13(18)2-3-15(16)17/h2-4,7,12,14,22H,5-6,8-11H2,1H3. The van der Waals surface area contributed by atoms with Gasteiger partial charge in [-0.3, -0.25) is 4.98 Å². The molecule has 0 aliphatic carbocycles. The second-order valence-electron chi connectivity index (χ2n) is 5.91. The molecule has 0 radical (unpaired) electrons. The molecule has 3 rings (SSSR count). The van der Waals surface area contributed by atoms with E-state index in [1.165, 1.54) is 11.1 Å². The van der Waals surface area contributed by atoms with Crippen LogP contribution in [0.1, 0.15) is 12.8 Å². The molecule has 0 spiro atoms. The van der Waals surface area contributed by atoms with Crippen LogP contribution in [0.3, 0.4) is 0 Å². The number of halogens is 1. The number of aliphatic hydroxyl groups is 1. The van der Waals surface area contributed by atoms with E-state index in [0.29, 0.717) is 6.04 Å². The Labute approximate surface area is 139 Å². The number of piperidine rings is 1. The number of fused-ring (bicyclic) bond motifs is 1. The predicted molar refractivity (Wildman–Crippen MR) is 94.4 cm³/mol. The van der Waals surface area contributed by atoms with Crippen LogP contribution in [0.4, 0.5) is 5.69 Å². The maximum Gasteiger partial charge on any atom is 0.0734 e. The Morgan fingerprint density at radius 3 is 2.82 bits per heavy atom. The summed E-state index contributed by atoms with van der Waals surface area (Å²) in [6, 6.07) is 8.99. The van der Waals surface area contributed by atoms with Crippen molar-refractivity contribution >= 4 is 32.5 Å². The Morgan fingerprint density at radius 2 is 2.09 bits per heavy atom. The fraction of sp³-hybridized carbons (Fsp3) is 0.471. The summed E-state index contributed by atoms with van der Waals surface area (Å²) in [5, 5.41) is 10.3. The monoisotopic (exact) mass is 363 g/mol. The minimum absolute atomic E-state index is 0.237. The van der Waals surface area contributed by atoms with Crippen LogP contribution in [0.5, 0.6) is 0 Å². The van der Waals surface area contributed by atoms with Crippen molar-refractivity contribution in [1.82, 2.24) is 9.88 Å². The van der Waals surface area contributed by atoms with Crippen LogP contribution in [-0.2, 0) is 0 Å². The molecule has 118 valence electrons. The highest BCUT2D eigenvalue weighted by molar-refractivity contribution is 9.10. The molecule has 2 heterocycles. The van der Waals surface area contributed by atoms with Crippen molar-refractivity contribution in [2.45, 2.75) is 18.9 Å². The number of anilines is 1. The summed E-state index contributed by atoms with van der Waals surface area (Å²) in [5.41, 5.74) is 2.31. The maximum absolute atomic E-state index is 9.08. The zero-order valence-electron chi connectivity index (χ0n) is 12.9. The van der Waals surface area contributed by atoms with Crippen molar-refractivity contribution in [3.05, 3.63) is 34.9 Å². The third-order valence-corrected chi connectivity index (χ3v) is 5.06. The van der Waals surface area contributed by atoms with Gasteiger partial charge in [0.25, 0.3) is 0 Å². The topological polar surface area (TPSA) is 39.6 Å². The second kappa shape index (κ2) is 6.94. The van der Waals surface area contributed by atoms with E-state index in [0.717, 1.165) is 42.5 Å². The molecule has 2 aromatic rings.